The van der Waals surface area contributed by atoms with E-state index >= 15 is 0 Å². The molecule has 0 amide bonds. The number of nitrogens with zero attached hydrogens (tertiary/aromatic N) is 4. The van der Waals surface area contributed by atoms with Crippen LogP contribution >= 0.6 is 23.5 Å². The van der Waals surface area contributed by atoms with Crippen molar-refractivity contribution in [3.63, 3.8) is 0 Å². The van der Waals surface area contributed by atoms with E-state index in [9.17, 15) is 0 Å². The Morgan fingerprint density at radius 2 is 1.00 bits per heavy atom. The molecule has 0 saturated carbocycles. The zero-order valence-corrected chi connectivity index (χ0v) is 23.7. The van der Waals surface area contributed by atoms with Crippen molar-refractivity contribution < 1.29 is 0 Å². The van der Waals surface area contributed by atoms with Gasteiger partial charge in [-0.1, -0.05) is 139 Å². The molecule has 0 radical (unpaired) electrons. The molecule has 0 aromatic heterocycles. The molecule has 2 aliphatic rings. The van der Waals surface area contributed by atoms with Crippen molar-refractivity contribution in [1.29, 1.82) is 0 Å². The first kappa shape index (κ1) is 25.4. The summed E-state index contributed by atoms with van der Waals surface area (Å²) < 4.78 is 0. The van der Waals surface area contributed by atoms with Gasteiger partial charge in [0.25, 0.3) is 0 Å². The summed E-state index contributed by atoms with van der Waals surface area (Å²) in [5.41, 5.74) is 5.35. The summed E-state index contributed by atoms with van der Waals surface area (Å²) >= 11 is 3.44. The second-order valence-corrected chi connectivity index (χ2v) is 11.8. The molecule has 0 fully saturated rings. The Balaban J connectivity index is 1.42. The number of hydrazone groups is 2. The van der Waals surface area contributed by atoms with E-state index in [-0.39, 0.29) is 0 Å². The highest BCUT2D eigenvalue weighted by Gasteiger charge is 2.46. The van der Waals surface area contributed by atoms with E-state index in [0.717, 1.165) is 43.2 Å². The summed E-state index contributed by atoms with van der Waals surface area (Å²) in [7, 11) is 0. The van der Waals surface area contributed by atoms with Crippen molar-refractivity contribution in [1.82, 2.24) is 0 Å². The second-order valence-electron chi connectivity index (χ2n) is 9.59. The van der Waals surface area contributed by atoms with E-state index < -0.39 is 4.87 Å². The molecular weight excluding hydrogens is 541 g/mol. The predicted molar refractivity (Wildman–Crippen MR) is 175 cm³/mol. The first-order valence-electron chi connectivity index (χ1n) is 13.4. The van der Waals surface area contributed by atoms with Crippen molar-refractivity contribution in [2.75, 3.05) is 10.0 Å². The van der Waals surface area contributed by atoms with E-state index in [4.69, 9.17) is 10.2 Å². The van der Waals surface area contributed by atoms with Crippen LogP contribution < -0.4 is 10.0 Å². The van der Waals surface area contributed by atoms with Crippen LogP contribution in [0.5, 0.6) is 0 Å². The molecule has 0 N–H and O–H groups in total. The van der Waals surface area contributed by atoms with Gasteiger partial charge in [0.15, 0.2) is 4.87 Å². The van der Waals surface area contributed by atoms with Crippen LogP contribution in [-0.4, -0.2) is 10.1 Å². The molecule has 2 aliphatic heterocycles. The molecule has 0 saturated heterocycles. The molecule has 1 atom stereocenters. The van der Waals surface area contributed by atoms with E-state index in [1.54, 1.807) is 23.5 Å². The minimum atomic E-state index is -0.662. The fourth-order valence-electron chi connectivity index (χ4n) is 4.94. The molecular formula is C35H26N4S2. The molecule has 2 heterocycles. The summed E-state index contributed by atoms with van der Waals surface area (Å²) in [5.74, 6) is 0. The third-order valence-corrected chi connectivity index (χ3v) is 9.27. The van der Waals surface area contributed by atoms with Gasteiger partial charge in [0, 0.05) is 11.1 Å². The number of rotatable bonds is 6. The lowest BCUT2D eigenvalue weighted by Crippen LogP contribution is -2.36. The van der Waals surface area contributed by atoms with Crippen molar-refractivity contribution >= 4 is 45.0 Å². The molecule has 5 aromatic carbocycles. The van der Waals surface area contributed by atoms with Crippen LogP contribution in [0, 0.1) is 0 Å². The zero-order valence-electron chi connectivity index (χ0n) is 22.1. The Hall–Kier alpha value is -4.52. The Morgan fingerprint density at radius 3 is 1.59 bits per heavy atom. The monoisotopic (exact) mass is 566 g/mol. The highest BCUT2D eigenvalue weighted by atomic mass is 32.2. The summed E-state index contributed by atoms with van der Waals surface area (Å²) in [4.78, 5) is -0.662. The third kappa shape index (κ3) is 4.97. The molecule has 0 spiro atoms. The number of anilines is 2. The van der Waals surface area contributed by atoms with Gasteiger partial charge >= 0.3 is 0 Å². The predicted octanol–water partition coefficient (Wildman–Crippen LogP) is 8.91. The number of thioether (sulfide) groups is 2. The molecule has 0 unspecified atom stereocenters. The second kappa shape index (κ2) is 11.2. The Bertz CT molecular complexity index is 1720. The Kier molecular flexibility index (Phi) is 6.93. The Labute approximate surface area is 248 Å². The maximum atomic E-state index is 5.28. The number of benzene rings is 5. The van der Waals surface area contributed by atoms with Crippen molar-refractivity contribution in [2.45, 2.75) is 4.87 Å². The van der Waals surface area contributed by atoms with Gasteiger partial charge in [0.1, 0.15) is 15.1 Å². The summed E-state index contributed by atoms with van der Waals surface area (Å²) in [5, 5.41) is 17.6. The van der Waals surface area contributed by atoms with Crippen molar-refractivity contribution in [3.8, 4) is 0 Å². The number of para-hydroxylation sites is 2. The normalized spacial score (nSPS) is 19.4. The molecule has 5 aromatic rings. The van der Waals surface area contributed by atoms with Crippen LogP contribution in [0.15, 0.2) is 173 Å². The first-order chi connectivity index (χ1) is 20.3. The van der Waals surface area contributed by atoms with Crippen molar-refractivity contribution in [3.05, 3.63) is 179 Å². The van der Waals surface area contributed by atoms with E-state index in [2.05, 4.69) is 143 Å². The fourth-order valence-corrected chi connectivity index (χ4v) is 7.38. The molecule has 0 bridgehead atoms. The van der Waals surface area contributed by atoms with Gasteiger partial charge in [0.2, 0.25) is 0 Å². The average Bonchev–Trinajstić information content (AvgIpc) is 3.66. The van der Waals surface area contributed by atoms with Crippen LogP contribution in [0.2, 0.25) is 0 Å². The minimum Gasteiger partial charge on any atom is -0.239 e. The highest BCUT2D eigenvalue weighted by Crippen LogP contribution is 2.52. The molecule has 198 valence electrons. The standard InChI is InChI=1S/C35H26N4S2/c1-6-16-27(17-7-1)33-36-38(30-22-12-4-13-23-30)32(40-33)26-35(29-20-10-3-11-21-29)39(31-24-14-5-15-25-31)37-34(41-35)28-18-8-2-9-19-28/h1-26H/t35-/m0/s1. The molecule has 7 rings (SSSR count). The topological polar surface area (TPSA) is 31.2 Å². The van der Waals surface area contributed by atoms with E-state index in [1.165, 1.54) is 0 Å². The smallest absolute Gasteiger partial charge is 0.160 e. The summed E-state index contributed by atoms with van der Waals surface area (Å²) in [6.07, 6.45) is 2.33. The number of hydrogen-bond donors (Lipinski definition) is 0. The third-order valence-electron chi connectivity index (χ3n) is 6.91. The zero-order chi connectivity index (χ0) is 27.5. The Morgan fingerprint density at radius 1 is 0.512 bits per heavy atom. The summed E-state index contributed by atoms with van der Waals surface area (Å²) in [6, 6.07) is 52.2. The molecule has 4 nitrogen and oxygen atoms in total. The maximum Gasteiger partial charge on any atom is 0.160 e. The van der Waals surface area contributed by atoms with E-state index in [1.807, 2.05) is 24.3 Å². The fraction of sp³-hybridized carbons (Fsp3) is 0.0286. The SMILES string of the molecule is C(=C1SC(c2ccccc2)=NN1c1ccccc1)[C@@]1(c2ccccc2)SC(c2ccccc2)=NN1c1ccccc1. The van der Waals surface area contributed by atoms with Gasteiger partial charge in [-0.15, -0.1) is 0 Å². The molecule has 0 aliphatic carbocycles. The van der Waals surface area contributed by atoms with Crippen LogP contribution in [-0.2, 0) is 4.87 Å². The lowest BCUT2D eigenvalue weighted by Gasteiger charge is -2.35. The maximum absolute atomic E-state index is 5.28. The van der Waals surface area contributed by atoms with Gasteiger partial charge in [-0.2, -0.15) is 10.2 Å². The van der Waals surface area contributed by atoms with E-state index in [0.29, 0.717) is 0 Å². The lowest BCUT2D eigenvalue weighted by atomic mass is 10.0. The van der Waals surface area contributed by atoms with Gasteiger partial charge < -0.3 is 0 Å². The van der Waals surface area contributed by atoms with Crippen LogP contribution in [0.3, 0.4) is 0 Å². The van der Waals surface area contributed by atoms with Crippen LogP contribution in [0.1, 0.15) is 16.7 Å². The quantitative estimate of drug-likeness (QED) is 0.205. The molecule has 41 heavy (non-hydrogen) atoms. The average molecular weight is 567 g/mol. The van der Waals surface area contributed by atoms with Gasteiger partial charge in [0.05, 0.1) is 11.4 Å². The van der Waals surface area contributed by atoms with Gasteiger partial charge in [-0.25, -0.2) is 10.0 Å². The van der Waals surface area contributed by atoms with Crippen molar-refractivity contribution in [2.24, 2.45) is 10.2 Å². The molecule has 6 heteroatoms. The summed E-state index contributed by atoms with van der Waals surface area (Å²) in [6.45, 7) is 0. The first-order valence-corrected chi connectivity index (χ1v) is 15.1. The van der Waals surface area contributed by atoms with Gasteiger partial charge in [-0.3, -0.25) is 0 Å². The lowest BCUT2D eigenvalue weighted by molar-refractivity contribution is 0.713. The van der Waals surface area contributed by atoms with Gasteiger partial charge in [-0.05, 0) is 47.7 Å². The largest absolute Gasteiger partial charge is 0.239 e. The van der Waals surface area contributed by atoms with Crippen LogP contribution in [0.25, 0.3) is 0 Å². The van der Waals surface area contributed by atoms with Crippen LogP contribution in [0.4, 0.5) is 11.4 Å². The number of hydrogen-bond acceptors (Lipinski definition) is 6. The minimum absolute atomic E-state index is 0.662. The highest BCUT2D eigenvalue weighted by molar-refractivity contribution is 8.18.